The van der Waals surface area contributed by atoms with Gasteiger partial charge in [0.25, 0.3) is 0 Å². The van der Waals surface area contributed by atoms with Crippen LogP contribution in [0, 0.1) is 0 Å². The fraction of sp³-hybridized carbons (Fsp3) is 0.571. The fourth-order valence-electron chi connectivity index (χ4n) is 1.99. The van der Waals surface area contributed by atoms with Crippen molar-refractivity contribution in [2.75, 3.05) is 0 Å². The van der Waals surface area contributed by atoms with Gasteiger partial charge in [-0.1, -0.05) is 37.6 Å². The summed E-state index contributed by atoms with van der Waals surface area (Å²) in [6.07, 6.45) is -1.20. The number of alkyl halides is 3. The second kappa shape index (κ2) is 6.78. The van der Waals surface area contributed by atoms with Crippen LogP contribution < -0.4 is 5.73 Å². The Morgan fingerprint density at radius 1 is 1.11 bits per heavy atom. The van der Waals surface area contributed by atoms with Crippen molar-refractivity contribution in [1.29, 1.82) is 0 Å². The molecule has 0 saturated heterocycles. The van der Waals surface area contributed by atoms with Gasteiger partial charge in [-0.25, -0.2) is 0 Å². The average Bonchev–Trinajstić information content (AvgIpc) is 2.33. The van der Waals surface area contributed by atoms with Crippen molar-refractivity contribution in [2.24, 2.45) is 5.73 Å². The summed E-state index contributed by atoms with van der Waals surface area (Å²) in [6, 6.07) is 6.39. The monoisotopic (exact) mass is 259 g/mol. The van der Waals surface area contributed by atoms with Crippen molar-refractivity contribution < 1.29 is 13.2 Å². The second-order valence-corrected chi connectivity index (χ2v) is 4.52. The smallest absolute Gasteiger partial charge is 0.320 e. The molecule has 1 nitrogen and oxygen atoms in total. The minimum absolute atomic E-state index is 0.0117. The van der Waals surface area contributed by atoms with Gasteiger partial charge in [0.15, 0.2) is 0 Å². The van der Waals surface area contributed by atoms with E-state index in [1.54, 1.807) is 0 Å². The number of aryl methyl sites for hydroxylation is 2. The molecule has 4 heteroatoms. The Hall–Kier alpha value is -1.03. The van der Waals surface area contributed by atoms with Crippen LogP contribution in [-0.2, 0) is 12.8 Å². The quantitative estimate of drug-likeness (QED) is 0.771. The Labute approximate surface area is 106 Å². The van der Waals surface area contributed by atoms with Crippen LogP contribution in [0.5, 0.6) is 0 Å². The third kappa shape index (κ3) is 4.69. The zero-order chi connectivity index (χ0) is 13.6. The van der Waals surface area contributed by atoms with E-state index in [0.717, 1.165) is 19.3 Å². The van der Waals surface area contributed by atoms with Gasteiger partial charge in [-0.15, -0.1) is 0 Å². The molecule has 1 atom stereocenters. The molecule has 0 aliphatic rings. The standard InChI is InChI=1S/C14H20F3N/c1-2-11-7-3-4-8-12(11)9-5-6-10-13(18)14(15,16)17/h3-4,7-8,13H,2,5-6,9-10,18H2,1H3/t13-/m0/s1. The molecule has 0 saturated carbocycles. The molecule has 0 aromatic heterocycles. The maximum Gasteiger partial charge on any atom is 0.403 e. The predicted octanol–water partition coefficient (Wildman–Crippen LogP) is 3.85. The summed E-state index contributed by atoms with van der Waals surface area (Å²) in [7, 11) is 0. The third-order valence-electron chi connectivity index (χ3n) is 3.13. The van der Waals surface area contributed by atoms with Crippen molar-refractivity contribution in [3.8, 4) is 0 Å². The Bertz CT molecular complexity index is 360. The van der Waals surface area contributed by atoms with Gasteiger partial charge in [-0.3, -0.25) is 0 Å². The summed E-state index contributed by atoms with van der Waals surface area (Å²) in [4.78, 5) is 0. The highest BCUT2D eigenvalue weighted by Crippen LogP contribution is 2.22. The lowest BCUT2D eigenvalue weighted by atomic mass is 9.99. The zero-order valence-electron chi connectivity index (χ0n) is 10.6. The molecule has 1 aromatic rings. The van der Waals surface area contributed by atoms with Crippen molar-refractivity contribution in [3.05, 3.63) is 35.4 Å². The molecule has 1 rings (SSSR count). The summed E-state index contributed by atoms with van der Waals surface area (Å²) >= 11 is 0. The van der Waals surface area contributed by atoms with E-state index < -0.39 is 12.2 Å². The molecule has 1 aromatic carbocycles. The zero-order valence-corrected chi connectivity index (χ0v) is 10.6. The maximum absolute atomic E-state index is 12.2. The van der Waals surface area contributed by atoms with E-state index in [4.69, 9.17) is 5.73 Å². The summed E-state index contributed by atoms with van der Waals surface area (Å²) in [5.74, 6) is 0. The first-order valence-corrected chi connectivity index (χ1v) is 6.34. The van der Waals surface area contributed by atoms with Crippen LogP contribution in [-0.4, -0.2) is 12.2 Å². The number of hydrogen-bond donors (Lipinski definition) is 1. The molecule has 0 spiro atoms. The highest BCUT2D eigenvalue weighted by atomic mass is 19.4. The number of rotatable bonds is 6. The number of hydrogen-bond acceptors (Lipinski definition) is 1. The lowest BCUT2D eigenvalue weighted by Gasteiger charge is -2.15. The van der Waals surface area contributed by atoms with Gasteiger partial charge in [-0.2, -0.15) is 13.2 Å². The molecule has 0 radical (unpaired) electrons. The Morgan fingerprint density at radius 3 is 2.28 bits per heavy atom. The van der Waals surface area contributed by atoms with E-state index in [9.17, 15) is 13.2 Å². The van der Waals surface area contributed by atoms with Crippen LogP contribution in [0.2, 0.25) is 0 Å². The van der Waals surface area contributed by atoms with Crippen LogP contribution in [0.25, 0.3) is 0 Å². The maximum atomic E-state index is 12.2. The molecular formula is C14H20F3N. The highest BCUT2D eigenvalue weighted by Gasteiger charge is 2.35. The van der Waals surface area contributed by atoms with E-state index in [0.29, 0.717) is 6.42 Å². The van der Waals surface area contributed by atoms with E-state index >= 15 is 0 Å². The second-order valence-electron chi connectivity index (χ2n) is 4.52. The topological polar surface area (TPSA) is 26.0 Å². The SMILES string of the molecule is CCc1ccccc1CCCC[C@H](N)C(F)(F)F. The molecule has 2 N–H and O–H groups in total. The first-order valence-electron chi connectivity index (χ1n) is 6.34. The van der Waals surface area contributed by atoms with Crippen LogP contribution in [0.3, 0.4) is 0 Å². The van der Waals surface area contributed by atoms with Crippen molar-refractivity contribution in [2.45, 2.75) is 51.2 Å². The molecule has 18 heavy (non-hydrogen) atoms. The predicted molar refractivity (Wildman–Crippen MR) is 67.4 cm³/mol. The van der Waals surface area contributed by atoms with E-state index in [2.05, 4.69) is 13.0 Å². The Balaban J connectivity index is 2.34. The van der Waals surface area contributed by atoms with E-state index in [1.807, 2.05) is 18.2 Å². The molecule has 0 heterocycles. The van der Waals surface area contributed by atoms with E-state index in [-0.39, 0.29) is 6.42 Å². The third-order valence-corrected chi connectivity index (χ3v) is 3.13. The minimum atomic E-state index is -4.26. The van der Waals surface area contributed by atoms with Crippen molar-refractivity contribution >= 4 is 0 Å². The van der Waals surface area contributed by atoms with Crippen LogP contribution in [0.4, 0.5) is 13.2 Å². The molecule has 102 valence electrons. The van der Waals surface area contributed by atoms with Gasteiger partial charge in [-0.05, 0) is 36.8 Å². The Kier molecular flexibility index (Phi) is 5.66. The molecule has 0 fully saturated rings. The first kappa shape index (κ1) is 15.0. The van der Waals surface area contributed by atoms with Gasteiger partial charge in [0, 0.05) is 0 Å². The van der Waals surface area contributed by atoms with Crippen LogP contribution >= 0.6 is 0 Å². The Morgan fingerprint density at radius 2 is 1.72 bits per heavy atom. The van der Waals surface area contributed by atoms with Crippen molar-refractivity contribution in [1.82, 2.24) is 0 Å². The lowest BCUT2D eigenvalue weighted by Crippen LogP contribution is -2.37. The number of unbranched alkanes of at least 4 members (excludes halogenated alkanes) is 1. The molecule has 0 aliphatic carbocycles. The van der Waals surface area contributed by atoms with Gasteiger partial charge < -0.3 is 5.73 Å². The molecule has 0 aliphatic heterocycles. The molecule has 0 unspecified atom stereocenters. The van der Waals surface area contributed by atoms with Gasteiger partial charge in [0.1, 0.15) is 6.04 Å². The molecule has 0 amide bonds. The number of benzene rings is 1. The number of nitrogens with two attached hydrogens (primary N) is 1. The molecular weight excluding hydrogens is 239 g/mol. The van der Waals surface area contributed by atoms with Gasteiger partial charge in [0.05, 0.1) is 0 Å². The fourth-order valence-corrected chi connectivity index (χ4v) is 1.99. The highest BCUT2D eigenvalue weighted by molar-refractivity contribution is 5.26. The first-order chi connectivity index (χ1) is 8.45. The summed E-state index contributed by atoms with van der Waals surface area (Å²) in [5, 5.41) is 0. The largest absolute Gasteiger partial charge is 0.403 e. The van der Waals surface area contributed by atoms with E-state index in [1.165, 1.54) is 11.1 Å². The normalized spacial score (nSPS) is 13.6. The van der Waals surface area contributed by atoms with Crippen LogP contribution in [0.1, 0.15) is 37.3 Å². The van der Waals surface area contributed by atoms with Gasteiger partial charge >= 0.3 is 6.18 Å². The lowest BCUT2D eigenvalue weighted by molar-refractivity contribution is -0.149. The summed E-state index contributed by atoms with van der Waals surface area (Å²) in [5.41, 5.74) is 7.57. The number of halogens is 3. The summed E-state index contributed by atoms with van der Waals surface area (Å²) < 4.78 is 36.6. The van der Waals surface area contributed by atoms with Gasteiger partial charge in [0.2, 0.25) is 0 Å². The van der Waals surface area contributed by atoms with Crippen molar-refractivity contribution in [3.63, 3.8) is 0 Å². The summed E-state index contributed by atoms with van der Waals surface area (Å²) in [6.45, 7) is 2.08. The van der Waals surface area contributed by atoms with Crippen LogP contribution in [0.15, 0.2) is 24.3 Å². The average molecular weight is 259 g/mol. The minimum Gasteiger partial charge on any atom is -0.320 e. The molecule has 0 bridgehead atoms.